The van der Waals surface area contributed by atoms with Crippen molar-refractivity contribution in [2.45, 2.75) is 20.8 Å². The molecule has 0 radical (unpaired) electrons. The van der Waals surface area contributed by atoms with Crippen LogP contribution in [0.15, 0.2) is 0 Å². The van der Waals surface area contributed by atoms with Gasteiger partial charge in [0.05, 0.1) is 5.41 Å². The van der Waals surface area contributed by atoms with Gasteiger partial charge in [0.15, 0.2) is 0 Å². The van der Waals surface area contributed by atoms with E-state index < -0.39 is 5.41 Å². The van der Waals surface area contributed by atoms with Gasteiger partial charge in [-0.05, 0) is 20.8 Å². The Morgan fingerprint density at radius 2 is 2.29 bits per heavy atom. The molecule has 6 heteroatoms. The Bertz CT molecular complexity index is 334. The second-order valence-corrected chi connectivity index (χ2v) is 4.50. The number of aryl methyl sites for hydroxylation is 1. The summed E-state index contributed by atoms with van der Waals surface area (Å²) in [6.07, 6.45) is 0. The van der Waals surface area contributed by atoms with E-state index in [1.807, 2.05) is 6.92 Å². The van der Waals surface area contributed by atoms with Crippen LogP contribution >= 0.6 is 11.5 Å². The fraction of sp³-hybridized carbons (Fsp3) is 0.625. The largest absolute Gasteiger partial charge is 0.369 e. The topological polar surface area (TPSA) is 80.9 Å². The molecule has 0 unspecified atom stereocenters. The number of hydrogen-bond acceptors (Lipinski definition) is 5. The Balaban J connectivity index is 2.52. The van der Waals surface area contributed by atoms with E-state index in [0.717, 1.165) is 11.0 Å². The van der Waals surface area contributed by atoms with Crippen LogP contribution < -0.4 is 11.1 Å². The standard InChI is InChI=1S/C8H14N4OS/c1-5-11-7(14-12-5)10-4-8(2,3)6(9)13/h4H2,1-3H3,(H2,9,13)(H,10,11,12). The Hall–Kier alpha value is -1.17. The quantitative estimate of drug-likeness (QED) is 0.775. The number of nitrogens with one attached hydrogen (secondary N) is 1. The van der Waals surface area contributed by atoms with E-state index in [4.69, 9.17) is 5.73 Å². The highest BCUT2D eigenvalue weighted by Gasteiger charge is 2.24. The summed E-state index contributed by atoms with van der Waals surface area (Å²) in [6.45, 7) is 5.87. The maximum Gasteiger partial charge on any atom is 0.224 e. The van der Waals surface area contributed by atoms with Gasteiger partial charge in [-0.15, -0.1) is 0 Å². The number of nitrogens with zero attached hydrogens (tertiary/aromatic N) is 2. The molecule has 1 aromatic rings. The zero-order valence-electron chi connectivity index (χ0n) is 8.50. The van der Waals surface area contributed by atoms with E-state index >= 15 is 0 Å². The van der Waals surface area contributed by atoms with Crippen LogP contribution in [0.5, 0.6) is 0 Å². The van der Waals surface area contributed by atoms with Gasteiger partial charge in [-0.1, -0.05) is 0 Å². The van der Waals surface area contributed by atoms with Crippen LogP contribution in [0.1, 0.15) is 19.7 Å². The SMILES string of the molecule is Cc1nsc(NCC(C)(C)C(N)=O)n1. The summed E-state index contributed by atoms with van der Waals surface area (Å²) >= 11 is 1.28. The molecule has 1 rings (SSSR count). The summed E-state index contributed by atoms with van der Waals surface area (Å²) in [4.78, 5) is 15.1. The van der Waals surface area contributed by atoms with Crippen molar-refractivity contribution in [3.05, 3.63) is 5.82 Å². The molecular formula is C8H14N4OS. The molecule has 3 N–H and O–H groups in total. The molecule has 0 saturated carbocycles. The van der Waals surface area contributed by atoms with Crippen molar-refractivity contribution >= 4 is 22.6 Å². The zero-order valence-corrected chi connectivity index (χ0v) is 9.31. The summed E-state index contributed by atoms with van der Waals surface area (Å²) in [7, 11) is 0. The van der Waals surface area contributed by atoms with Crippen molar-refractivity contribution in [1.29, 1.82) is 0 Å². The maximum absolute atomic E-state index is 11.0. The Morgan fingerprint density at radius 1 is 1.64 bits per heavy atom. The summed E-state index contributed by atoms with van der Waals surface area (Å²) in [6, 6.07) is 0. The van der Waals surface area contributed by atoms with Crippen molar-refractivity contribution in [2.24, 2.45) is 11.1 Å². The van der Waals surface area contributed by atoms with Crippen LogP contribution in [0, 0.1) is 12.3 Å². The minimum absolute atomic E-state index is 0.328. The Morgan fingerprint density at radius 3 is 2.71 bits per heavy atom. The molecule has 1 heterocycles. The van der Waals surface area contributed by atoms with E-state index in [1.165, 1.54) is 11.5 Å². The predicted octanol–water partition coefficient (Wildman–Crippen LogP) is 0.770. The average Bonchev–Trinajstić information content (AvgIpc) is 2.48. The summed E-state index contributed by atoms with van der Waals surface area (Å²) in [5.41, 5.74) is 4.66. The minimum Gasteiger partial charge on any atom is -0.369 e. The van der Waals surface area contributed by atoms with Gasteiger partial charge in [-0.2, -0.15) is 4.37 Å². The molecule has 0 atom stereocenters. The molecule has 0 saturated heterocycles. The van der Waals surface area contributed by atoms with Crippen molar-refractivity contribution in [1.82, 2.24) is 9.36 Å². The zero-order chi connectivity index (χ0) is 10.8. The third-order valence-electron chi connectivity index (χ3n) is 1.88. The molecule has 1 amide bonds. The molecule has 0 aliphatic rings. The van der Waals surface area contributed by atoms with Gasteiger partial charge >= 0.3 is 0 Å². The first-order chi connectivity index (χ1) is 6.42. The third-order valence-corrected chi connectivity index (χ3v) is 2.64. The maximum atomic E-state index is 11.0. The highest BCUT2D eigenvalue weighted by atomic mass is 32.1. The van der Waals surface area contributed by atoms with Crippen molar-refractivity contribution in [2.75, 3.05) is 11.9 Å². The number of hydrogen-bond donors (Lipinski definition) is 2. The number of anilines is 1. The second-order valence-electron chi connectivity index (χ2n) is 3.75. The van der Waals surface area contributed by atoms with Crippen LogP contribution in [0.2, 0.25) is 0 Å². The van der Waals surface area contributed by atoms with Gasteiger partial charge in [-0.25, -0.2) is 4.98 Å². The fourth-order valence-electron chi connectivity index (χ4n) is 0.753. The average molecular weight is 214 g/mol. The number of amides is 1. The van der Waals surface area contributed by atoms with E-state index in [2.05, 4.69) is 14.7 Å². The van der Waals surface area contributed by atoms with Gasteiger partial charge in [0, 0.05) is 18.1 Å². The lowest BCUT2D eigenvalue weighted by Gasteiger charge is -2.19. The van der Waals surface area contributed by atoms with E-state index in [0.29, 0.717) is 6.54 Å². The highest BCUT2D eigenvalue weighted by Crippen LogP contribution is 2.17. The number of nitrogens with two attached hydrogens (primary N) is 1. The molecule has 0 aliphatic heterocycles. The van der Waals surface area contributed by atoms with Crippen LogP contribution in [0.25, 0.3) is 0 Å². The molecular weight excluding hydrogens is 200 g/mol. The normalized spacial score (nSPS) is 11.4. The molecule has 5 nitrogen and oxygen atoms in total. The number of primary amides is 1. The first-order valence-corrected chi connectivity index (χ1v) is 5.03. The summed E-state index contributed by atoms with van der Waals surface area (Å²) in [5, 5.41) is 3.75. The molecule has 0 spiro atoms. The van der Waals surface area contributed by atoms with Gasteiger partial charge in [0.2, 0.25) is 11.0 Å². The lowest BCUT2D eigenvalue weighted by atomic mass is 9.93. The van der Waals surface area contributed by atoms with Crippen molar-refractivity contribution < 1.29 is 4.79 Å². The lowest BCUT2D eigenvalue weighted by molar-refractivity contribution is -0.125. The van der Waals surface area contributed by atoms with Gasteiger partial charge in [0.25, 0.3) is 0 Å². The lowest BCUT2D eigenvalue weighted by Crippen LogP contribution is -2.37. The van der Waals surface area contributed by atoms with Crippen molar-refractivity contribution in [3.8, 4) is 0 Å². The molecule has 14 heavy (non-hydrogen) atoms. The molecule has 1 aromatic heterocycles. The van der Waals surface area contributed by atoms with Gasteiger partial charge in [0.1, 0.15) is 5.82 Å². The van der Waals surface area contributed by atoms with Crippen LogP contribution in [0.3, 0.4) is 0 Å². The molecule has 78 valence electrons. The minimum atomic E-state index is -0.570. The highest BCUT2D eigenvalue weighted by molar-refractivity contribution is 7.09. The van der Waals surface area contributed by atoms with E-state index in [-0.39, 0.29) is 5.91 Å². The second kappa shape index (κ2) is 3.91. The van der Waals surface area contributed by atoms with E-state index in [9.17, 15) is 4.79 Å². The van der Waals surface area contributed by atoms with E-state index in [1.54, 1.807) is 13.8 Å². The molecule has 0 aliphatic carbocycles. The van der Waals surface area contributed by atoms with Gasteiger partial charge < -0.3 is 11.1 Å². The number of carbonyl (C=O) groups is 1. The number of carbonyl (C=O) groups excluding carboxylic acids is 1. The molecule has 0 aromatic carbocycles. The van der Waals surface area contributed by atoms with Gasteiger partial charge in [-0.3, -0.25) is 4.79 Å². The monoisotopic (exact) mass is 214 g/mol. The fourth-order valence-corrected chi connectivity index (χ4v) is 1.32. The predicted molar refractivity (Wildman–Crippen MR) is 56.1 cm³/mol. The number of aromatic nitrogens is 2. The Kier molecular flexibility index (Phi) is 3.05. The summed E-state index contributed by atoms with van der Waals surface area (Å²) in [5.74, 6) is 0.403. The Labute approximate surface area is 86.9 Å². The first kappa shape index (κ1) is 10.9. The molecule has 0 fully saturated rings. The third kappa shape index (κ3) is 2.66. The van der Waals surface area contributed by atoms with Crippen LogP contribution in [-0.4, -0.2) is 21.8 Å². The smallest absolute Gasteiger partial charge is 0.224 e. The molecule has 0 bridgehead atoms. The van der Waals surface area contributed by atoms with Crippen molar-refractivity contribution in [3.63, 3.8) is 0 Å². The first-order valence-electron chi connectivity index (χ1n) is 4.26. The van der Waals surface area contributed by atoms with Crippen LogP contribution in [0.4, 0.5) is 5.13 Å². The van der Waals surface area contributed by atoms with Crippen LogP contribution in [-0.2, 0) is 4.79 Å². The number of rotatable bonds is 4. The summed E-state index contributed by atoms with van der Waals surface area (Å²) < 4.78 is 4.01.